The predicted octanol–water partition coefficient (Wildman–Crippen LogP) is 5.51. The largest absolute Gasteiger partial charge is 0.457 e. The van der Waals surface area contributed by atoms with E-state index < -0.39 is 110 Å². The number of thiazole rings is 1. The minimum Gasteiger partial charge on any atom is -0.457 e. The van der Waals surface area contributed by atoms with Gasteiger partial charge in [-0.25, -0.2) is 32.1 Å². The topological polar surface area (TPSA) is 233 Å². The first-order chi connectivity index (χ1) is 31.8. The zero-order chi connectivity index (χ0) is 49.4. The van der Waals surface area contributed by atoms with Crippen LogP contribution in [0.4, 0.5) is 0 Å². The number of aryl methyl sites for hydroxylation is 1. The van der Waals surface area contributed by atoms with Crippen molar-refractivity contribution in [2.24, 2.45) is 11.1 Å². The standard InChI is InChI=1S/C47H48N4O15S2/c1-26-48-31(25-67-26)37(49-66-45(8,9)41(56)64-43(2,3)4)33(52)20-27-24-60-51(38(27)53)46(42(57)65-44(5,6)7)23-32(40(55)63-46)50-39(54)30-21-34-35(22-36(30)68(50,58)59)62-47(61-34,28-16-12-10-13-17-28)29-18-14-11-15-19-29/h10-19,21-22,25,27,32H,20,23-24H2,1-9H3/b49-37-/t27-,32-,46?/m0/s1. The van der Waals surface area contributed by atoms with Crippen molar-refractivity contribution >= 4 is 62.6 Å². The molecule has 4 aliphatic rings. The van der Waals surface area contributed by atoms with Gasteiger partial charge >= 0.3 is 29.4 Å². The van der Waals surface area contributed by atoms with Crippen molar-refractivity contribution in [3.05, 3.63) is 106 Å². The number of cyclic esters (lactones) is 1. The number of nitrogens with zero attached hydrogens (tertiary/aromatic N) is 4. The highest BCUT2D eigenvalue weighted by Crippen LogP contribution is 2.52. The number of esters is 3. The maximum atomic E-state index is 14.5. The molecular weight excluding hydrogens is 925 g/mol. The van der Waals surface area contributed by atoms with Gasteiger partial charge in [-0.05, 0) is 68.4 Å². The number of hydrogen-bond acceptors (Lipinski definition) is 18. The molecule has 4 aromatic rings. The second-order valence-electron chi connectivity index (χ2n) is 18.9. The summed E-state index contributed by atoms with van der Waals surface area (Å²) in [5, 5.41) is 6.57. The van der Waals surface area contributed by atoms with Crippen LogP contribution in [0.5, 0.6) is 11.5 Å². The summed E-state index contributed by atoms with van der Waals surface area (Å²) >= 11 is 1.20. The minimum absolute atomic E-state index is 0.0140. The number of hydrogen-bond donors (Lipinski definition) is 0. The summed E-state index contributed by atoms with van der Waals surface area (Å²) in [7, 11) is -4.89. The van der Waals surface area contributed by atoms with Crippen molar-refractivity contribution in [1.29, 1.82) is 0 Å². The first-order valence-corrected chi connectivity index (χ1v) is 23.7. The van der Waals surface area contributed by atoms with Gasteiger partial charge in [-0.3, -0.25) is 19.2 Å². The fraction of sp³-hybridized carbons (Fsp3) is 0.404. The third kappa shape index (κ3) is 8.57. The average Bonchev–Trinajstić information content (AvgIpc) is 4.07. The molecule has 0 N–H and O–H groups in total. The highest BCUT2D eigenvalue weighted by molar-refractivity contribution is 7.90. The molecule has 3 atom stereocenters. The fourth-order valence-electron chi connectivity index (χ4n) is 7.79. The number of hydroxylamine groups is 2. The summed E-state index contributed by atoms with van der Waals surface area (Å²) in [6, 6.07) is 18.2. The van der Waals surface area contributed by atoms with E-state index in [2.05, 4.69) is 10.1 Å². The maximum Gasteiger partial charge on any atom is 0.375 e. The van der Waals surface area contributed by atoms with E-state index in [9.17, 15) is 37.2 Å². The number of carbonyl (C=O) groups excluding carboxylic acids is 6. The molecule has 2 fully saturated rings. The molecule has 0 bridgehead atoms. The van der Waals surface area contributed by atoms with Gasteiger partial charge in [-0.2, -0.15) is 5.06 Å². The van der Waals surface area contributed by atoms with E-state index in [1.165, 1.54) is 57.4 Å². The average molecular weight is 973 g/mol. The van der Waals surface area contributed by atoms with E-state index in [1.807, 2.05) is 12.1 Å². The van der Waals surface area contributed by atoms with Gasteiger partial charge in [0.25, 0.3) is 21.8 Å². The molecule has 1 aromatic heterocycles. The molecule has 4 aliphatic heterocycles. The lowest BCUT2D eigenvalue weighted by Crippen LogP contribution is -2.57. The molecule has 0 aliphatic carbocycles. The molecular formula is C47H48N4O15S2. The van der Waals surface area contributed by atoms with E-state index in [0.29, 0.717) is 25.5 Å². The number of ketones is 1. The zero-order valence-corrected chi connectivity index (χ0v) is 40.1. The van der Waals surface area contributed by atoms with Gasteiger partial charge in [0.05, 0.1) is 29.5 Å². The summed E-state index contributed by atoms with van der Waals surface area (Å²) in [6.45, 7) is 13.5. The van der Waals surface area contributed by atoms with Crippen LogP contribution in [0.1, 0.15) is 100 Å². The predicted molar refractivity (Wildman–Crippen MR) is 238 cm³/mol. The van der Waals surface area contributed by atoms with Crippen LogP contribution in [0, 0.1) is 12.8 Å². The van der Waals surface area contributed by atoms with Crippen LogP contribution in [0.25, 0.3) is 0 Å². The number of aromatic nitrogens is 1. The molecule has 2 amide bonds. The fourth-order valence-corrected chi connectivity index (χ4v) is 10.1. The molecule has 68 heavy (non-hydrogen) atoms. The molecule has 1 unspecified atom stereocenters. The van der Waals surface area contributed by atoms with Crippen LogP contribution in [0.3, 0.4) is 0 Å². The number of Topliss-reactive ketones (excluding diaryl/α,β-unsaturated/α-hetero) is 1. The van der Waals surface area contributed by atoms with Crippen LogP contribution >= 0.6 is 11.3 Å². The molecule has 8 rings (SSSR count). The third-order valence-corrected chi connectivity index (χ3v) is 13.5. The zero-order valence-electron chi connectivity index (χ0n) is 38.5. The lowest BCUT2D eigenvalue weighted by molar-refractivity contribution is -0.263. The van der Waals surface area contributed by atoms with Gasteiger partial charge in [-0.1, -0.05) is 65.8 Å². The van der Waals surface area contributed by atoms with Gasteiger partial charge in [0.15, 0.2) is 29.0 Å². The number of carbonyl (C=O) groups is 6. The Morgan fingerprint density at radius 3 is 2.00 bits per heavy atom. The quantitative estimate of drug-likeness (QED) is 0.0737. The van der Waals surface area contributed by atoms with Gasteiger partial charge in [-0.15, -0.1) is 11.3 Å². The summed E-state index contributed by atoms with van der Waals surface area (Å²) < 4.78 is 58.9. The second-order valence-corrected chi connectivity index (χ2v) is 21.8. The number of fused-ring (bicyclic) bond motifs is 2. The molecule has 0 saturated carbocycles. The van der Waals surface area contributed by atoms with E-state index in [-0.39, 0.29) is 28.5 Å². The van der Waals surface area contributed by atoms with Gasteiger partial charge in [0.1, 0.15) is 21.8 Å². The van der Waals surface area contributed by atoms with Crippen molar-refractivity contribution in [3.8, 4) is 11.5 Å². The van der Waals surface area contributed by atoms with Crippen LogP contribution in [0.2, 0.25) is 0 Å². The molecule has 19 nitrogen and oxygen atoms in total. The SMILES string of the molecule is Cc1nc(/C(=N/OC(C)(C)C(=O)OC(C)(C)C)C(=O)C[C@H]2CON(C3(C(=O)OC(C)(C)C)C[C@H](N4C(=O)c5cc6c(cc5S4(=O)=O)OC(c4ccccc4)(c4ccccc4)O6)C(=O)O3)C2=O)cs1. The molecule has 2 saturated heterocycles. The second kappa shape index (κ2) is 16.8. The highest BCUT2D eigenvalue weighted by atomic mass is 32.2. The maximum absolute atomic E-state index is 14.5. The molecule has 5 heterocycles. The van der Waals surface area contributed by atoms with Crippen molar-refractivity contribution in [3.63, 3.8) is 0 Å². The number of amides is 2. The Balaban J connectivity index is 1.07. The van der Waals surface area contributed by atoms with Crippen LogP contribution in [-0.4, -0.2) is 99.2 Å². The van der Waals surface area contributed by atoms with Gasteiger partial charge in [0, 0.05) is 29.0 Å². The molecule has 3 aromatic carbocycles. The Morgan fingerprint density at radius 2 is 1.44 bits per heavy atom. The summed E-state index contributed by atoms with van der Waals surface area (Å²) in [6.07, 6.45) is -1.57. The lowest BCUT2D eigenvalue weighted by atomic mass is 9.97. The summed E-state index contributed by atoms with van der Waals surface area (Å²) in [4.78, 5) is 99.1. The number of benzene rings is 3. The first-order valence-electron chi connectivity index (χ1n) is 21.4. The number of rotatable bonds is 12. The highest BCUT2D eigenvalue weighted by Gasteiger charge is 2.67. The summed E-state index contributed by atoms with van der Waals surface area (Å²) in [5.74, 6) is -9.29. The van der Waals surface area contributed by atoms with Crippen molar-refractivity contribution in [2.45, 2.75) is 114 Å². The van der Waals surface area contributed by atoms with Gasteiger partial charge in [0.2, 0.25) is 5.60 Å². The van der Waals surface area contributed by atoms with E-state index in [1.54, 1.807) is 76.2 Å². The van der Waals surface area contributed by atoms with Crippen molar-refractivity contribution < 1.29 is 70.5 Å². The third-order valence-electron chi connectivity index (χ3n) is 10.9. The molecule has 0 radical (unpaired) electrons. The number of sulfonamides is 1. The minimum atomic E-state index is -4.89. The molecule has 0 spiro atoms. The van der Waals surface area contributed by atoms with Crippen molar-refractivity contribution in [2.75, 3.05) is 6.61 Å². The Hall–Kier alpha value is -6.71. The summed E-state index contributed by atoms with van der Waals surface area (Å²) in [5.41, 5.74) is -6.01. The molecule has 358 valence electrons. The normalized spacial score (nSPS) is 22.0. The lowest BCUT2D eigenvalue weighted by Gasteiger charge is -2.35. The number of oxime groups is 1. The van der Waals surface area contributed by atoms with Crippen LogP contribution in [0.15, 0.2) is 88.2 Å². The molecule has 21 heteroatoms. The van der Waals surface area contributed by atoms with E-state index >= 15 is 0 Å². The van der Waals surface area contributed by atoms with Crippen LogP contribution in [-0.2, 0) is 63.7 Å². The van der Waals surface area contributed by atoms with Gasteiger partial charge < -0.3 is 28.5 Å². The van der Waals surface area contributed by atoms with E-state index in [0.717, 1.165) is 6.07 Å². The first kappa shape index (κ1) is 47.8. The Morgan fingerprint density at radius 1 is 0.853 bits per heavy atom. The van der Waals surface area contributed by atoms with E-state index in [4.69, 9.17) is 33.4 Å². The Kier molecular flexibility index (Phi) is 11.8. The monoisotopic (exact) mass is 972 g/mol. The smallest absolute Gasteiger partial charge is 0.375 e. The Bertz CT molecular complexity index is 2850. The Labute approximate surface area is 395 Å². The number of ether oxygens (including phenoxy) is 5. The van der Waals surface area contributed by atoms with Crippen LogP contribution < -0.4 is 9.47 Å². The van der Waals surface area contributed by atoms with Crippen molar-refractivity contribution in [1.82, 2.24) is 14.4 Å².